The number of hydrogen-bond acceptors (Lipinski definition) is 3. The molecule has 1 aromatic heterocycles. The molecule has 3 aromatic rings. The Morgan fingerprint density at radius 3 is 2.47 bits per heavy atom. The molecule has 2 aromatic carbocycles. The molecule has 8 heteroatoms. The maximum atomic E-state index is 13.2. The lowest BCUT2D eigenvalue weighted by molar-refractivity contribution is -0.137. The lowest BCUT2D eigenvalue weighted by atomic mass is 10.0. The number of benzene rings is 2. The van der Waals surface area contributed by atoms with Crippen LogP contribution in [0.5, 0.6) is 0 Å². The maximum Gasteiger partial charge on any atom is 0.416 e. The van der Waals surface area contributed by atoms with E-state index in [1.807, 2.05) is 6.92 Å². The summed E-state index contributed by atoms with van der Waals surface area (Å²) in [7, 11) is 1.56. The molecular formula is C24H23F3N2O3. The number of pyridine rings is 1. The number of aryl methyl sites for hydroxylation is 1. The molecule has 168 valence electrons. The molecule has 0 fully saturated rings. The highest BCUT2D eigenvalue weighted by Crippen LogP contribution is 2.32. The summed E-state index contributed by atoms with van der Waals surface area (Å²) in [4.78, 5) is 25.9. The average Bonchev–Trinajstić information content (AvgIpc) is 3.24. The molecule has 1 aliphatic rings. The van der Waals surface area contributed by atoms with E-state index in [4.69, 9.17) is 4.74 Å². The maximum absolute atomic E-state index is 13.2. The molecule has 5 nitrogen and oxygen atoms in total. The first-order valence-corrected chi connectivity index (χ1v) is 10.4. The molecule has 0 aliphatic heterocycles. The van der Waals surface area contributed by atoms with Crippen LogP contribution >= 0.6 is 0 Å². The second-order valence-electron chi connectivity index (χ2n) is 8.06. The molecule has 1 atom stereocenters. The van der Waals surface area contributed by atoms with Gasteiger partial charge in [0.1, 0.15) is 0 Å². The largest absolute Gasteiger partial charge is 0.416 e. The number of hydrogen-bond donors (Lipinski definition) is 1. The Labute approximate surface area is 182 Å². The molecule has 0 saturated heterocycles. The predicted octanol–water partition coefficient (Wildman–Crippen LogP) is 4.26. The van der Waals surface area contributed by atoms with Crippen molar-refractivity contribution < 1.29 is 22.7 Å². The fourth-order valence-corrected chi connectivity index (χ4v) is 4.29. The normalized spacial score (nSPS) is 14.4. The Kier molecular flexibility index (Phi) is 5.81. The van der Waals surface area contributed by atoms with Crippen LogP contribution in [0.3, 0.4) is 0 Å². The molecule has 1 heterocycles. The number of halogens is 3. The SMILES string of the molecule is COC[C@H](C)NC(=O)c1ccc2c(c1)c1c(c(=O)n2-c2ccc(C(F)(F)F)cc2)CCC1. The van der Waals surface area contributed by atoms with E-state index in [1.54, 1.807) is 25.3 Å². The zero-order valence-electron chi connectivity index (χ0n) is 17.8. The minimum atomic E-state index is -4.45. The van der Waals surface area contributed by atoms with E-state index >= 15 is 0 Å². The van der Waals surface area contributed by atoms with Gasteiger partial charge >= 0.3 is 6.18 Å². The van der Waals surface area contributed by atoms with Crippen molar-refractivity contribution in [2.45, 2.75) is 38.4 Å². The first-order valence-electron chi connectivity index (χ1n) is 10.4. The fourth-order valence-electron chi connectivity index (χ4n) is 4.29. The molecule has 4 rings (SSSR count). The van der Waals surface area contributed by atoms with Gasteiger partial charge in [-0.15, -0.1) is 0 Å². The molecule has 0 radical (unpaired) electrons. The van der Waals surface area contributed by atoms with Crippen molar-refractivity contribution >= 4 is 16.8 Å². The number of aromatic nitrogens is 1. The van der Waals surface area contributed by atoms with Gasteiger partial charge in [0.25, 0.3) is 11.5 Å². The third-order valence-electron chi connectivity index (χ3n) is 5.75. The van der Waals surface area contributed by atoms with Gasteiger partial charge in [-0.2, -0.15) is 13.2 Å². The fraction of sp³-hybridized carbons (Fsp3) is 0.333. The third kappa shape index (κ3) is 4.02. The van der Waals surface area contributed by atoms with Crippen LogP contribution in [0.15, 0.2) is 47.3 Å². The third-order valence-corrected chi connectivity index (χ3v) is 5.75. The number of nitrogens with one attached hydrogen (secondary N) is 1. The molecule has 0 saturated carbocycles. The van der Waals surface area contributed by atoms with E-state index < -0.39 is 11.7 Å². The van der Waals surface area contributed by atoms with Crippen LogP contribution in [0, 0.1) is 0 Å². The summed E-state index contributed by atoms with van der Waals surface area (Å²) in [5.41, 5.74) is 1.94. The van der Waals surface area contributed by atoms with E-state index in [2.05, 4.69) is 5.32 Å². The summed E-state index contributed by atoms with van der Waals surface area (Å²) < 4.78 is 45.4. The minimum absolute atomic E-state index is 0.171. The second-order valence-corrected chi connectivity index (χ2v) is 8.06. The predicted molar refractivity (Wildman–Crippen MR) is 115 cm³/mol. The number of methoxy groups -OCH3 is 1. The Balaban J connectivity index is 1.84. The van der Waals surface area contributed by atoms with Crippen molar-refractivity contribution in [3.05, 3.63) is 75.1 Å². The highest BCUT2D eigenvalue weighted by atomic mass is 19.4. The van der Waals surface area contributed by atoms with Gasteiger partial charge in [0, 0.05) is 35.4 Å². The van der Waals surface area contributed by atoms with E-state index in [-0.39, 0.29) is 17.5 Å². The lowest BCUT2D eigenvalue weighted by Gasteiger charge is -2.17. The number of carbonyl (C=O) groups excluding carboxylic acids is 1. The van der Waals surface area contributed by atoms with Crippen LogP contribution in [0.2, 0.25) is 0 Å². The highest BCUT2D eigenvalue weighted by molar-refractivity contribution is 5.99. The van der Waals surface area contributed by atoms with Gasteiger partial charge in [-0.05, 0) is 74.2 Å². The van der Waals surface area contributed by atoms with Crippen LogP contribution in [0.25, 0.3) is 16.6 Å². The first kappa shape index (κ1) is 22.1. The second kappa shape index (κ2) is 8.43. The highest BCUT2D eigenvalue weighted by Gasteiger charge is 2.30. The Morgan fingerprint density at radius 1 is 1.12 bits per heavy atom. The summed E-state index contributed by atoms with van der Waals surface area (Å²) in [5, 5.41) is 3.64. The van der Waals surface area contributed by atoms with E-state index in [9.17, 15) is 22.8 Å². The van der Waals surface area contributed by atoms with Gasteiger partial charge < -0.3 is 10.1 Å². The number of ether oxygens (including phenoxy) is 1. The zero-order valence-corrected chi connectivity index (χ0v) is 17.8. The Bertz CT molecular complexity index is 1230. The molecule has 0 unspecified atom stereocenters. The van der Waals surface area contributed by atoms with Crippen LogP contribution in [0.4, 0.5) is 13.2 Å². The summed E-state index contributed by atoms with van der Waals surface area (Å²) in [6, 6.07) is 9.45. The van der Waals surface area contributed by atoms with E-state index in [0.717, 1.165) is 35.9 Å². The lowest BCUT2D eigenvalue weighted by Crippen LogP contribution is -2.35. The molecule has 0 spiro atoms. The van der Waals surface area contributed by atoms with Crippen LogP contribution in [-0.2, 0) is 23.8 Å². The minimum Gasteiger partial charge on any atom is -0.383 e. The molecular weight excluding hydrogens is 421 g/mol. The smallest absolute Gasteiger partial charge is 0.383 e. The van der Waals surface area contributed by atoms with Gasteiger partial charge in [0.05, 0.1) is 17.7 Å². The van der Waals surface area contributed by atoms with Gasteiger partial charge in [0.15, 0.2) is 0 Å². The number of fused-ring (bicyclic) bond motifs is 3. The summed E-state index contributed by atoms with van der Waals surface area (Å²) in [6.07, 6.45) is -2.31. The van der Waals surface area contributed by atoms with Crippen molar-refractivity contribution in [2.75, 3.05) is 13.7 Å². The van der Waals surface area contributed by atoms with Crippen molar-refractivity contribution in [3.8, 4) is 5.69 Å². The summed E-state index contributed by atoms with van der Waals surface area (Å²) in [6.45, 7) is 2.21. The number of amides is 1. The first-order chi connectivity index (χ1) is 15.2. The Hall–Kier alpha value is -3.13. The van der Waals surface area contributed by atoms with E-state index in [0.29, 0.717) is 35.4 Å². The van der Waals surface area contributed by atoms with Crippen LogP contribution in [0.1, 0.15) is 40.4 Å². The van der Waals surface area contributed by atoms with Gasteiger partial charge in [-0.25, -0.2) is 0 Å². The monoisotopic (exact) mass is 444 g/mol. The molecule has 0 bridgehead atoms. The molecule has 1 N–H and O–H groups in total. The average molecular weight is 444 g/mol. The molecule has 1 aliphatic carbocycles. The topological polar surface area (TPSA) is 60.3 Å². The quantitative estimate of drug-likeness (QED) is 0.640. The summed E-state index contributed by atoms with van der Waals surface area (Å²) >= 11 is 0. The van der Waals surface area contributed by atoms with Crippen LogP contribution < -0.4 is 10.9 Å². The van der Waals surface area contributed by atoms with Crippen molar-refractivity contribution in [1.29, 1.82) is 0 Å². The van der Waals surface area contributed by atoms with Crippen LogP contribution in [-0.4, -0.2) is 30.2 Å². The standard InChI is InChI=1S/C24H23F3N2O3/c1-14(13-32-2)28-22(30)15-6-11-21-20(12-15)18-4-3-5-19(18)23(31)29(21)17-9-7-16(8-10-17)24(25,26)27/h6-12,14H,3-5,13H2,1-2H3,(H,28,30)/t14-/m0/s1. The van der Waals surface area contributed by atoms with Crippen molar-refractivity contribution in [3.63, 3.8) is 0 Å². The van der Waals surface area contributed by atoms with Gasteiger partial charge in [0.2, 0.25) is 0 Å². The number of nitrogens with zero attached hydrogens (tertiary/aromatic N) is 1. The van der Waals surface area contributed by atoms with Crippen molar-refractivity contribution in [2.24, 2.45) is 0 Å². The Morgan fingerprint density at radius 2 is 1.81 bits per heavy atom. The summed E-state index contributed by atoms with van der Waals surface area (Å²) in [5.74, 6) is -0.254. The number of carbonyl (C=O) groups is 1. The van der Waals surface area contributed by atoms with E-state index in [1.165, 1.54) is 16.7 Å². The number of alkyl halides is 3. The molecule has 1 amide bonds. The van der Waals surface area contributed by atoms with Gasteiger partial charge in [-0.3, -0.25) is 14.2 Å². The van der Waals surface area contributed by atoms with Crippen molar-refractivity contribution in [1.82, 2.24) is 9.88 Å². The molecule has 32 heavy (non-hydrogen) atoms. The van der Waals surface area contributed by atoms with Gasteiger partial charge in [-0.1, -0.05) is 0 Å². The zero-order chi connectivity index (χ0) is 23.0. The number of rotatable bonds is 5.